The first kappa shape index (κ1) is 13.2. The van der Waals surface area contributed by atoms with Gasteiger partial charge >= 0.3 is 11.9 Å². The molecule has 0 saturated heterocycles. The monoisotopic (exact) mass is 224 g/mol. The highest BCUT2D eigenvalue weighted by molar-refractivity contribution is 8.23. The minimum Gasteiger partial charge on any atom is -0.481 e. The molecule has 4 nitrogen and oxygen atoms in total. The normalized spacial score (nSPS) is 15.1. The summed E-state index contributed by atoms with van der Waals surface area (Å²) in [5, 5.41) is 17.8. The molecule has 2 N–H and O–H groups in total. The van der Waals surface area contributed by atoms with Gasteiger partial charge in [0.25, 0.3) is 0 Å². The van der Waals surface area contributed by atoms with Gasteiger partial charge in [0, 0.05) is 6.61 Å². The molecule has 0 radical (unpaired) electrons. The summed E-state index contributed by atoms with van der Waals surface area (Å²) in [6.45, 7) is 1.77. The standard InChI is InChI=1S/C6H14BO4PS/c1-4(6(9)10)5(8)2-3-11-7(12)13/h4-5,8,13H,2-3,12H2,1H3,(H,9,10)/t4-,5+/m0/s1. The van der Waals surface area contributed by atoms with Gasteiger partial charge in [-0.2, -0.15) is 12.5 Å². The third kappa shape index (κ3) is 6.33. The van der Waals surface area contributed by atoms with Crippen LogP contribution in [0.1, 0.15) is 13.3 Å². The van der Waals surface area contributed by atoms with Gasteiger partial charge in [-0.15, -0.1) is 9.12 Å². The van der Waals surface area contributed by atoms with Crippen LogP contribution < -0.4 is 0 Å². The molecule has 7 heteroatoms. The molecule has 13 heavy (non-hydrogen) atoms. The van der Waals surface area contributed by atoms with Crippen molar-refractivity contribution in [3.8, 4) is 0 Å². The van der Waals surface area contributed by atoms with Crippen LogP contribution in [0.15, 0.2) is 0 Å². The summed E-state index contributed by atoms with van der Waals surface area (Å²) in [6, 6.07) is 0. The van der Waals surface area contributed by atoms with Crippen molar-refractivity contribution in [1.82, 2.24) is 0 Å². The lowest BCUT2D eigenvalue weighted by molar-refractivity contribution is -0.145. The van der Waals surface area contributed by atoms with Crippen molar-refractivity contribution >= 4 is 33.5 Å². The first-order valence-corrected chi connectivity index (χ1v) is 5.09. The van der Waals surface area contributed by atoms with E-state index in [-0.39, 0.29) is 5.91 Å². The van der Waals surface area contributed by atoms with Gasteiger partial charge in [0.2, 0.25) is 0 Å². The Kier molecular flexibility index (Phi) is 6.77. The molecule has 0 saturated carbocycles. The molecule has 0 aliphatic rings. The molecule has 1 unspecified atom stereocenters. The fraction of sp³-hybridized carbons (Fsp3) is 0.833. The van der Waals surface area contributed by atoms with Crippen LogP contribution in [0.25, 0.3) is 0 Å². The molecule has 0 heterocycles. The van der Waals surface area contributed by atoms with E-state index in [9.17, 15) is 9.90 Å². The quantitative estimate of drug-likeness (QED) is 0.344. The zero-order chi connectivity index (χ0) is 10.4. The third-order valence-electron chi connectivity index (χ3n) is 1.67. The molecule has 0 aliphatic heterocycles. The molecule has 0 aliphatic carbocycles. The Hall–Kier alpha value is 0.235. The van der Waals surface area contributed by atoms with Crippen LogP contribution in [-0.2, 0) is 9.45 Å². The van der Waals surface area contributed by atoms with E-state index in [1.165, 1.54) is 6.92 Å². The maximum absolute atomic E-state index is 10.4. The minimum atomic E-state index is -0.999. The van der Waals surface area contributed by atoms with E-state index >= 15 is 0 Å². The first-order valence-electron chi connectivity index (χ1n) is 3.91. The summed E-state index contributed by atoms with van der Waals surface area (Å²) in [7, 11) is 2.33. The van der Waals surface area contributed by atoms with Gasteiger partial charge in [-0.1, -0.05) is 0 Å². The van der Waals surface area contributed by atoms with Gasteiger partial charge < -0.3 is 14.9 Å². The highest BCUT2D eigenvalue weighted by Gasteiger charge is 2.20. The lowest BCUT2D eigenvalue weighted by atomic mass is 10.0. The van der Waals surface area contributed by atoms with Crippen LogP contribution >= 0.6 is 21.6 Å². The molecule has 0 aromatic rings. The fourth-order valence-corrected chi connectivity index (χ4v) is 0.966. The van der Waals surface area contributed by atoms with Crippen molar-refractivity contribution < 1.29 is 19.7 Å². The number of carboxylic acid groups (broad SMARTS) is 1. The maximum Gasteiger partial charge on any atom is 0.380 e. The Morgan fingerprint density at radius 3 is 2.69 bits per heavy atom. The highest BCUT2D eigenvalue weighted by Crippen LogP contribution is 2.09. The summed E-state index contributed by atoms with van der Waals surface area (Å²) in [5.41, 5.74) is 0. The predicted octanol–water partition coefficient (Wildman–Crippen LogP) is 0.264. The van der Waals surface area contributed by atoms with Crippen molar-refractivity contribution in [2.45, 2.75) is 19.4 Å². The molecular formula is C6H14BO4PS. The highest BCUT2D eigenvalue weighted by atomic mass is 32.1. The van der Waals surface area contributed by atoms with E-state index < -0.39 is 18.0 Å². The second kappa shape index (κ2) is 6.65. The van der Waals surface area contributed by atoms with Gasteiger partial charge in [-0.05, 0) is 13.3 Å². The Morgan fingerprint density at radius 1 is 1.77 bits per heavy atom. The molecule has 0 rings (SSSR count). The SMILES string of the molecule is C[C@H](C(=O)O)[C@H](O)CCOB(P)S. The lowest BCUT2D eigenvalue weighted by Gasteiger charge is -2.14. The van der Waals surface area contributed by atoms with Crippen LogP contribution in [0.5, 0.6) is 0 Å². The number of rotatable bonds is 6. The number of hydrogen-bond acceptors (Lipinski definition) is 4. The van der Waals surface area contributed by atoms with Gasteiger partial charge in [-0.3, -0.25) is 4.79 Å². The van der Waals surface area contributed by atoms with Gasteiger partial charge in [-0.25, -0.2) is 0 Å². The summed E-state index contributed by atoms with van der Waals surface area (Å²) >= 11 is 3.94. The van der Waals surface area contributed by atoms with E-state index in [0.29, 0.717) is 13.0 Å². The van der Waals surface area contributed by atoms with E-state index in [1.54, 1.807) is 0 Å². The molecular weight excluding hydrogens is 210 g/mol. The molecule has 76 valence electrons. The predicted molar refractivity (Wildman–Crippen MR) is 57.8 cm³/mol. The average molecular weight is 224 g/mol. The molecule has 0 amide bonds. The zero-order valence-corrected chi connectivity index (χ0v) is 9.43. The fourth-order valence-electron chi connectivity index (χ4n) is 0.724. The largest absolute Gasteiger partial charge is 0.481 e. The number of carbonyl (C=O) groups is 1. The van der Waals surface area contributed by atoms with Crippen LogP contribution in [0, 0.1) is 5.92 Å². The number of aliphatic hydroxyl groups excluding tert-OH is 1. The summed E-state index contributed by atoms with van der Waals surface area (Å²) in [5.74, 6) is -2.03. The second-order valence-corrected chi connectivity index (χ2v) is 4.42. The first-order chi connectivity index (χ1) is 5.95. The number of thiol groups is 1. The Labute approximate surface area is 85.6 Å². The van der Waals surface area contributed by atoms with E-state index in [1.807, 2.05) is 0 Å². The molecule has 3 atom stereocenters. The summed E-state index contributed by atoms with van der Waals surface area (Å²) in [6.07, 6.45) is -0.562. The van der Waals surface area contributed by atoms with Crippen molar-refractivity contribution in [3.05, 3.63) is 0 Å². The van der Waals surface area contributed by atoms with Crippen molar-refractivity contribution in [2.75, 3.05) is 6.61 Å². The lowest BCUT2D eigenvalue weighted by Crippen LogP contribution is -2.26. The van der Waals surface area contributed by atoms with Crippen molar-refractivity contribution in [3.63, 3.8) is 0 Å². The molecule has 0 aromatic carbocycles. The van der Waals surface area contributed by atoms with Crippen LogP contribution in [0.4, 0.5) is 0 Å². The smallest absolute Gasteiger partial charge is 0.380 e. The van der Waals surface area contributed by atoms with E-state index in [0.717, 1.165) is 0 Å². The zero-order valence-electron chi connectivity index (χ0n) is 7.38. The molecule has 0 bridgehead atoms. The van der Waals surface area contributed by atoms with Crippen molar-refractivity contribution in [2.24, 2.45) is 5.92 Å². The third-order valence-corrected chi connectivity index (χ3v) is 2.01. The minimum absolute atomic E-state index is 0.271. The Morgan fingerprint density at radius 2 is 2.31 bits per heavy atom. The maximum atomic E-state index is 10.4. The topological polar surface area (TPSA) is 66.8 Å². The van der Waals surface area contributed by atoms with Gasteiger partial charge in [0.15, 0.2) is 0 Å². The summed E-state index contributed by atoms with van der Waals surface area (Å²) < 4.78 is 5.02. The number of hydrogen-bond donors (Lipinski definition) is 3. The Bertz CT molecular complexity index is 169. The summed E-state index contributed by atoms with van der Waals surface area (Å²) in [4.78, 5) is 10.4. The number of aliphatic hydroxyl groups is 1. The molecule has 0 fully saturated rings. The second-order valence-electron chi connectivity index (χ2n) is 2.74. The van der Waals surface area contributed by atoms with Gasteiger partial charge in [0.05, 0.1) is 12.0 Å². The van der Waals surface area contributed by atoms with Crippen LogP contribution in [0.2, 0.25) is 0 Å². The Balaban J connectivity index is 3.61. The molecule has 0 aromatic heterocycles. The number of aliphatic carboxylic acids is 1. The van der Waals surface area contributed by atoms with E-state index in [2.05, 4.69) is 21.6 Å². The molecule has 0 spiro atoms. The average Bonchev–Trinajstić information content (AvgIpc) is 2.02. The number of carboxylic acids is 1. The van der Waals surface area contributed by atoms with Crippen LogP contribution in [-0.4, -0.2) is 34.8 Å². The van der Waals surface area contributed by atoms with Crippen LogP contribution in [0.3, 0.4) is 0 Å². The van der Waals surface area contributed by atoms with E-state index in [4.69, 9.17) is 9.76 Å². The van der Waals surface area contributed by atoms with Gasteiger partial charge in [0.1, 0.15) is 0 Å². The van der Waals surface area contributed by atoms with Crippen molar-refractivity contribution in [1.29, 1.82) is 0 Å².